The van der Waals surface area contributed by atoms with Gasteiger partial charge in [0, 0.05) is 12.4 Å². The number of aryl methyl sites for hydroxylation is 1. The molecule has 4 nitrogen and oxygen atoms in total. The third-order valence-electron chi connectivity index (χ3n) is 3.83. The van der Waals surface area contributed by atoms with Crippen molar-refractivity contribution in [3.8, 4) is 0 Å². The van der Waals surface area contributed by atoms with Crippen LogP contribution in [0.4, 0.5) is 0 Å². The molecule has 1 aromatic rings. The Bertz CT molecular complexity index is 331. The van der Waals surface area contributed by atoms with E-state index in [1.807, 2.05) is 18.5 Å². The predicted molar refractivity (Wildman–Crippen MR) is 85.1 cm³/mol. The summed E-state index contributed by atoms with van der Waals surface area (Å²) in [5.41, 5.74) is 1.35. The highest BCUT2D eigenvalue weighted by atomic mass is 16.8. The summed E-state index contributed by atoms with van der Waals surface area (Å²) < 4.78 is 0. The lowest BCUT2D eigenvalue weighted by molar-refractivity contribution is -1.05. The zero-order chi connectivity index (χ0) is 15.2. The fourth-order valence-electron chi connectivity index (χ4n) is 2.57. The van der Waals surface area contributed by atoms with Gasteiger partial charge in [0.15, 0.2) is 0 Å². The van der Waals surface area contributed by atoms with E-state index in [0.717, 1.165) is 19.3 Å². The SMILES string of the molecule is [O-][NH+](O)CCCCCCCCCCCCc1cccnc1. The fourth-order valence-corrected chi connectivity index (χ4v) is 2.57. The molecular weight excluding hydrogens is 264 g/mol. The number of hydroxylamine groups is 2. The molecule has 4 heteroatoms. The second-order valence-electron chi connectivity index (χ2n) is 5.79. The Hall–Kier alpha value is -0.970. The molecule has 21 heavy (non-hydrogen) atoms. The number of nitrogens with zero attached hydrogens (tertiary/aromatic N) is 1. The van der Waals surface area contributed by atoms with Crippen molar-refractivity contribution in [3.63, 3.8) is 0 Å². The van der Waals surface area contributed by atoms with Gasteiger partial charge in [0.05, 0.1) is 0 Å². The van der Waals surface area contributed by atoms with Crippen LogP contribution in [0.3, 0.4) is 0 Å². The second kappa shape index (κ2) is 12.7. The predicted octanol–water partition coefficient (Wildman–Crippen LogP) is 3.30. The molecular formula is C17H30N2O2. The van der Waals surface area contributed by atoms with Gasteiger partial charge in [0.1, 0.15) is 6.54 Å². The number of pyridine rings is 1. The molecule has 0 aliphatic carbocycles. The van der Waals surface area contributed by atoms with Crippen LogP contribution in [0.5, 0.6) is 0 Å². The number of hydrogen-bond acceptors (Lipinski definition) is 3. The largest absolute Gasteiger partial charge is 0.600 e. The van der Waals surface area contributed by atoms with Gasteiger partial charge in [-0.25, -0.2) is 10.4 Å². The van der Waals surface area contributed by atoms with Crippen LogP contribution >= 0.6 is 0 Å². The summed E-state index contributed by atoms with van der Waals surface area (Å²) in [6.07, 6.45) is 17.2. The first-order valence-electron chi connectivity index (χ1n) is 8.40. The standard InChI is InChI=1S/C17H30N2O2/c20-19(21)15-10-8-6-4-2-1-3-5-7-9-12-17-13-11-14-18-16-17/h11,13-14,16,19-20H,1-10,12,15H2. The smallest absolute Gasteiger partial charge is 0.106 e. The number of aromatic nitrogens is 1. The van der Waals surface area contributed by atoms with Crippen molar-refractivity contribution < 1.29 is 10.4 Å². The van der Waals surface area contributed by atoms with Crippen molar-refractivity contribution in [2.45, 2.75) is 70.6 Å². The molecule has 1 aromatic heterocycles. The molecule has 0 radical (unpaired) electrons. The highest BCUT2D eigenvalue weighted by Crippen LogP contribution is 2.11. The van der Waals surface area contributed by atoms with E-state index >= 15 is 0 Å². The molecule has 1 atom stereocenters. The molecule has 0 bridgehead atoms. The Kier molecular flexibility index (Phi) is 11.0. The van der Waals surface area contributed by atoms with Crippen LogP contribution in [0.25, 0.3) is 0 Å². The molecule has 1 unspecified atom stereocenters. The summed E-state index contributed by atoms with van der Waals surface area (Å²) in [5.74, 6) is 0. The van der Waals surface area contributed by atoms with Crippen LogP contribution in [0.1, 0.15) is 69.8 Å². The van der Waals surface area contributed by atoms with Crippen molar-refractivity contribution >= 4 is 0 Å². The Morgan fingerprint density at radius 2 is 1.48 bits per heavy atom. The van der Waals surface area contributed by atoms with Gasteiger partial charge in [-0.15, -0.1) is 0 Å². The van der Waals surface area contributed by atoms with Gasteiger partial charge in [-0.05, 0) is 37.3 Å². The maximum absolute atomic E-state index is 10.3. The van der Waals surface area contributed by atoms with E-state index in [-0.39, 0.29) is 0 Å². The van der Waals surface area contributed by atoms with E-state index in [4.69, 9.17) is 5.21 Å². The summed E-state index contributed by atoms with van der Waals surface area (Å²) in [6, 6.07) is 4.16. The third-order valence-corrected chi connectivity index (χ3v) is 3.83. The number of nitrogens with one attached hydrogen (secondary N) is 1. The van der Waals surface area contributed by atoms with Gasteiger partial charge in [0.2, 0.25) is 0 Å². The van der Waals surface area contributed by atoms with E-state index in [2.05, 4.69) is 11.1 Å². The number of hydrogen-bond donors (Lipinski definition) is 2. The van der Waals surface area contributed by atoms with E-state index in [0.29, 0.717) is 6.54 Å². The monoisotopic (exact) mass is 294 g/mol. The van der Waals surface area contributed by atoms with E-state index in [9.17, 15) is 5.21 Å². The molecule has 2 N–H and O–H groups in total. The lowest BCUT2D eigenvalue weighted by Gasteiger charge is -2.11. The Labute approximate surface area is 128 Å². The topological polar surface area (TPSA) is 60.6 Å². The first-order chi connectivity index (χ1) is 10.3. The molecule has 0 amide bonds. The molecule has 0 aliphatic rings. The number of rotatable bonds is 13. The van der Waals surface area contributed by atoms with E-state index in [1.165, 1.54) is 56.9 Å². The van der Waals surface area contributed by atoms with Gasteiger partial charge < -0.3 is 5.21 Å². The van der Waals surface area contributed by atoms with Gasteiger partial charge in [0.25, 0.3) is 0 Å². The fraction of sp³-hybridized carbons (Fsp3) is 0.706. The number of quaternary nitrogens is 1. The lowest BCUT2D eigenvalue weighted by Crippen LogP contribution is -3.04. The minimum atomic E-state index is -0.665. The molecule has 0 spiro atoms. The Morgan fingerprint density at radius 1 is 0.905 bits per heavy atom. The quantitative estimate of drug-likeness (QED) is 0.433. The summed E-state index contributed by atoms with van der Waals surface area (Å²) in [7, 11) is 0. The summed E-state index contributed by atoms with van der Waals surface area (Å²) >= 11 is 0. The molecule has 1 heterocycles. The number of unbranched alkanes of at least 4 members (excludes halogenated alkanes) is 9. The van der Waals surface area contributed by atoms with Gasteiger partial charge in [-0.3, -0.25) is 4.98 Å². The van der Waals surface area contributed by atoms with Crippen molar-refractivity contribution in [2.24, 2.45) is 0 Å². The maximum Gasteiger partial charge on any atom is 0.106 e. The zero-order valence-corrected chi connectivity index (χ0v) is 13.1. The van der Waals surface area contributed by atoms with Crippen LogP contribution in [0.15, 0.2) is 24.5 Å². The van der Waals surface area contributed by atoms with Gasteiger partial charge in [-0.1, -0.05) is 51.0 Å². The minimum absolute atomic E-state index is 0.330. The Balaban J connectivity index is 1.77. The first kappa shape index (κ1) is 18.1. The van der Waals surface area contributed by atoms with Gasteiger partial charge >= 0.3 is 0 Å². The zero-order valence-electron chi connectivity index (χ0n) is 13.1. The second-order valence-corrected chi connectivity index (χ2v) is 5.79. The summed E-state index contributed by atoms with van der Waals surface area (Å²) in [5, 5.41) is 18.2. The molecule has 0 fully saturated rings. The average molecular weight is 294 g/mol. The molecule has 120 valence electrons. The van der Waals surface area contributed by atoms with Crippen molar-refractivity contribution in [2.75, 3.05) is 6.54 Å². The van der Waals surface area contributed by atoms with Crippen molar-refractivity contribution in [1.29, 1.82) is 0 Å². The molecule has 0 aliphatic heterocycles. The lowest BCUT2D eigenvalue weighted by atomic mass is 10.0. The normalized spacial score (nSPS) is 12.5. The van der Waals surface area contributed by atoms with Crippen LogP contribution < -0.4 is 5.23 Å². The highest BCUT2D eigenvalue weighted by Gasteiger charge is 1.96. The van der Waals surface area contributed by atoms with E-state index in [1.54, 1.807) is 0 Å². The summed E-state index contributed by atoms with van der Waals surface area (Å²) in [6.45, 7) is 0.330. The van der Waals surface area contributed by atoms with Crippen molar-refractivity contribution in [3.05, 3.63) is 35.3 Å². The van der Waals surface area contributed by atoms with Gasteiger partial charge in [-0.2, -0.15) is 0 Å². The van der Waals surface area contributed by atoms with E-state index < -0.39 is 5.23 Å². The summed E-state index contributed by atoms with van der Waals surface area (Å²) in [4.78, 5) is 4.13. The maximum atomic E-state index is 10.3. The average Bonchev–Trinajstić information content (AvgIpc) is 2.49. The molecule has 0 aromatic carbocycles. The highest BCUT2D eigenvalue weighted by molar-refractivity contribution is 5.08. The molecule has 1 rings (SSSR count). The first-order valence-corrected chi connectivity index (χ1v) is 8.40. The van der Waals surface area contributed by atoms with Crippen LogP contribution in [-0.2, 0) is 6.42 Å². The minimum Gasteiger partial charge on any atom is -0.600 e. The van der Waals surface area contributed by atoms with Crippen LogP contribution in [-0.4, -0.2) is 16.7 Å². The molecule has 0 saturated heterocycles. The van der Waals surface area contributed by atoms with Crippen LogP contribution in [0, 0.1) is 5.21 Å². The molecule has 0 saturated carbocycles. The third kappa shape index (κ3) is 11.4. The van der Waals surface area contributed by atoms with Crippen molar-refractivity contribution in [1.82, 2.24) is 4.98 Å². The Morgan fingerprint density at radius 3 is 2.00 bits per heavy atom. The van der Waals surface area contributed by atoms with Crippen LogP contribution in [0.2, 0.25) is 0 Å².